The zero-order valence-electron chi connectivity index (χ0n) is 32.0. The lowest BCUT2D eigenvalue weighted by Crippen LogP contribution is -2.57. The largest absolute Gasteiger partial charge is 0.372 e. The van der Waals surface area contributed by atoms with Gasteiger partial charge in [-0.05, 0) is 55.3 Å². The first-order valence-corrected chi connectivity index (χ1v) is 20.1. The Balaban J connectivity index is 1.39. The highest BCUT2D eigenvalue weighted by atomic mass is 32.1. The van der Waals surface area contributed by atoms with Gasteiger partial charge in [0.15, 0.2) is 0 Å². The second-order valence-electron chi connectivity index (χ2n) is 15.4. The summed E-state index contributed by atoms with van der Waals surface area (Å²) in [4.78, 5) is 48.8. The molecule has 0 bridgehead atoms. The molecule has 4 atom stereocenters. The lowest BCUT2D eigenvalue weighted by Gasteiger charge is -2.35. The zero-order valence-corrected chi connectivity index (χ0v) is 32.8. The van der Waals surface area contributed by atoms with Gasteiger partial charge in [-0.2, -0.15) is 0 Å². The summed E-state index contributed by atoms with van der Waals surface area (Å²) in [5.74, 6) is -0.608. The van der Waals surface area contributed by atoms with Gasteiger partial charge in [-0.15, -0.1) is 11.3 Å². The number of unbranched alkanes of at least 4 members (excludes halogenated alkanes) is 8. The summed E-state index contributed by atoms with van der Waals surface area (Å²) >= 11 is 1.61. The highest BCUT2D eigenvalue weighted by Gasteiger charge is 2.45. The summed E-state index contributed by atoms with van der Waals surface area (Å²) < 4.78 is 6.29. The number of amides is 3. The van der Waals surface area contributed by atoms with Gasteiger partial charge in [-0.1, -0.05) is 120 Å². The van der Waals surface area contributed by atoms with Gasteiger partial charge in [-0.3, -0.25) is 14.4 Å². The molecule has 4 rings (SSSR count). The first kappa shape index (κ1) is 41.2. The quantitative estimate of drug-likeness (QED) is 0.102. The Morgan fingerprint density at radius 2 is 1.56 bits per heavy atom. The lowest BCUT2D eigenvalue weighted by atomic mass is 9.85. The number of likely N-dealkylation sites (tertiary alicyclic amines) is 1. The number of rotatable bonds is 20. The molecule has 1 saturated heterocycles. The van der Waals surface area contributed by atoms with E-state index >= 15 is 0 Å². The van der Waals surface area contributed by atoms with E-state index in [0.717, 1.165) is 59.5 Å². The maximum Gasteiger partial charge on any atom is 0.246 e. The molecule has 2 aromatic carbocycles. The van der Waals surface area contributed by atoms with Crippen LogP contribution in [0.5, 0.6) is 0 Å². The van der Waals surface area contributed by atoms with E-state index in [1.54, 1.807) is 16.2 Å². The highest BCUT2D eigenvalue weighted by molar-refractivity contribution is 7.13. The monoisotopic (exact) mass is 731 g/mol. The molecule has 0 unspecified atom stereocenters. The van der Waals surface area contributed by atoms with Crippen molar-refractivity contribution in [2.75, 3.05) is 13.1 Å². The van der Waals surface area contributed by atoms with Crippen molar-refractivity contribution in [3.63, 3.8) is 0 Å². The fraction of sp³-hybridized carbons (Fsp3) is 0.571. The molecule has 9 nitrogen and oxygen atoms in total. The first-order chi connectivity index (χ1) is 25.0. The van der Waals surface area contributed by atoms with Gasteiger partial charge >= 0.3 is 0 Å². The number of aryl methyl sites for hydroxylation is 1. The van der Waals surface area contributed by atoms with Crippen LogP contribution in [0.3, 0.4) is 0 Å². The van der Waals surface area contributed by atoms with Crippen LogP contribution in [-0.2, 0) is 25.7 Å². The van der Waals surface area contributed by atoms with Gasteiger partial charge in [0, 0.05) is 19.4 Å². The standard InChI is InChI=1S/C42H61N5O4S/c1-30(33-21-23-34(24-22-33)38-31(2)44-29-52-38)45-40(49)36-26-35(51-28-32-18-14-13-15-19-32)27-47(36)41(50)39(42(3,4)5)46-37(48)20-16-11-9-7-6-8-10-12-17-25-43/h13-15,18-19,21-24,29-30,35-36,39H,6-12,16-17,20,25-28,43H2,1-5H3,(H,45,49)(H,46,48)/t30-,35+,36-,39+/m0/s1. The minimum atomic E-state index is -0.781. The SMILES string of the molecule is Cc1ncsc1-c1ccc([C@H](C)NC(=O)[C@@H]2C[C@@H](OCc3ccccc3)CN2C(=O)[C@@H](NC(=O)CCCCCCCCCCCN)C(C)(C)C)cc1. The van der Waals surface area contributed by atoms with Gasteiger partial charge in [-0.25, -0.2) is 4.98 Å². The third-order valence-electron chi connectivity index (χ3n) is 9.98. The Kier molecular flexibility index (Phi) is 16.3. The van der Waals surface area contributed by atoms with Crippen LogP contribution in [0.2, 0.25) is 0 Å². The first-order valence-electron chi connectivity index (χ1n) is 19.2. The number of carbonyl (C=O) groups excluding carboxylic acids is 3. The van der Waals surface area contributed by atoms with Crippen LogP contribution in [-0.4, -0.2) is 58.9 Å². The Hall–Kier alpha value is -3.60. The number of thiazole rings is 1. The number of hydrogen-bond donors (Lipinski definition) is 3. The van der Waals surface area contributed by atoms with Crippen LogP contribution in [0.4, 0.5) is 0 Å². The van der Waals surface area contributed by atoms with Crippen LogP contribution in [0.1, 0.15) is 121 Å². The average molecular weight is 732 g/mol. The fourth-order valence-corrected chi connectivity index (χ4v) is 7.62. The number of ether oxygens (including phenoxy) is 1. The Labute approximate surface area is 315 Å². The number of carbonyl (C=O) groups is 3. The number of hydrogen-bond acceptors (Lipinski definition) is 7. The smallest absolute Gasteiger partial charge is 0.246 e. The number of aromatic nitrogens is 1. The summed E-state index contributed by atoms with van der Waals surface area (Å²) in [6.45, 7) is 11.3. The van der Waals surface area contributed by atoms with Crippen LogP contribution >= 0.6 is 11.3 Å². The molecule has 4 N–H and O–H groups in total. The molecule has 0 saturated carbocycles. The molecule has 3 amide bonds. The molecule has 10 heteroatoms. The van der Waals surface area contributed by atoms with Gasteiger partial charge < -0.3 is 26.0 Å². The molecular formula is C42H61N5O4S. The molecule has 1 fully saturated rings. The minimum absolute atomic E-state index is 0.127. The normalized spacial score (nSPS) is 17.2. The minimum Gasteiger partial charge on any atom is -0.372 e. The van der Waals surface area contributed by atoms with Crippen molar-refractivity contribution in [3.8, 4) is 10.4 Å². The van der Waals surface area contributed by atoms with Gasteiger partial charge in [0.05, 0.1) is 34.8 Å². The van der Waals surface area contributed by atoms with E-state index in [9.17, 15) is 14.4 Å². The molecular weight excluding hydrogens is 671 g/mol. The molecule has 1 aromatic heterocycles. The summed E-state index contributed by atoms with van der Waals surface area (Å²) in [5, 5.41) is 6.24. The zero-order chi connectivity index (χ0) is 37.5. The topological polar surface area (TPSA) is 127 Å². The van der Waals surface area contributed by atoms with E-state index in [4.69, 9.17) is 10.5 Å². The summed E-state index contributed by atoms with van der Waals surface area (Å²) in [6, 6.07) is 16.3. The lowest BCUT2D eigenvalue weighted by molar-refractivity contribution is -0.144. The van der Waals surface area contributed by atoms with E-state index in [1.807, 2.05) is 82.6 Å². The Morgan fingerprint density at radius 1 is 0.923 bits per heavy atom. The second-order valence-corrected chi connectivity index (χ2v) is 16.2. The molecule has 0 spiro atoms. The summed E-state index contributed by atoms with van der Waals surface area (Å²) in [6.07, 6.45) is 10.5. The van der Waals surface area contributed by atoms with Crippen molar-refractivity contribution in [1.82, 2.24) is 20.5 Å². The van der Waals surface area contributed by atoms with Crippen molar-refractivity contribution < 1.29 is 19.1 Å². The molecule has 2 heterocycles. The predicted molar refractivity (Wildman–Crippen MR) is 211 cm³/mol. The van der Waals surface area contributed by atoms with Crippen molar-refractivity contribution in [1.29, 1.82) is 0 Å². The van der Waals surface area contributed by atoms with E-state index in [1.165, 1.54) is 32.1 Å². The van der Waals surface area contributed by atoms with E-state index in [-0.39, 0.29) is 36.4 Å². The highest BCUT2D eigenvalue weighted by Crippen LogP contribution is 2.30. The summed E-state index contributed by atoms with van der Waals surface area (Å²) in [7, 11) is 0. The van der Waals surface area contributed by atoms with Crippen LogP contribution in [0, 0.1) is 12.3 Å². The molecule has 52 heavy (non-hydrogen) atoms. The number of benzene rings is 2. The summed E-state index contributed by atoms with van der Waals surface area (Å²) in [5.41, 5.74) is 10.9. The molecule has 0 radical (unpaired) electrons. The Bertz CT molecular complexity index is 1540. The Morgan fingerprint density at radius 3 is 2.15 bits per heavy atom. The van der Waals surface area contributed by atoms with Crippen molar-refractivity contribution in [2.24, 2.45) is 11.1 Å². The van der Waals surface area contributed by atoms with Gasteiger partial charge in [0.2, 0.25) is 17.7 Å². The maximum atomic E-state index is 14.4. The predicted octanol–water partition coefficient (Wildman–Crippen LogP) is 7.87. The van der Waals surface area contributed by atoms with Crippen molar-refractivity contribution in [2.45, 2.75) is 136 Å². The van der Waals surface area contributed by atoms with Gasteiger partial charge in [0.25, 0.3) is 0 Å². The molecule has 3 aromatic rings. The van der Waals surface area contributed by atoms with Crippen LogP contribution in [0.15, 0.2) is 60.1 Å². The van der Waals surface area contributed by atoms with Crippen molar-refractivity contribution >= 4 is 29.1 Å². The third kappa shape index (κ3) is 12.5. The molecule has 284 valence electrons. The van der Waals surface area contributed by atoms with E-state index in [0.29, 0.717) is 19.4 Å². The number of nitrogens with zero attached hydrogens (tertiary/aromatic N) is 2. The molecule has 1 aliphatic heterocycles. The number of nitrogens with one attached hydrogen (secondary N) is 2. The van der Waals surface area contributed by atoms with E-state index < -0.39 is 17.5 Å². The molecule has 1 aliphatic rings. The van der Waals surface area contributed by atoms with Crippen LogP contribution in [0.25, 0.3) is 10.4 Å². The van der Waals surface area contributed by atoms with Crippen molar-refractivity contribution in [3.05, 3.63) is 76.9 Å². The molecule has 0 aliphatic carbocycles. The number of nitrogens with two attached hydrogens (primary N) is 1. The van der Waals surface area contributed by atoms with Gasteiger partial charge in [0.1, 0.15) is 12.1 Å². The maximum absolute atomic E-state index is 14.4. The van der Waals surface area contributed by atoms with E-state index in [2.05, 4.69) is 27.8 Å². The van der Waals surface area contributed by atoms with Crippen LogP contribution < -0.4 is 16.4 Å². The third-order valence-corrected chi connectivity index (χ3v) is 11.0. The average Bonchev–Trinajstić information content (AvgIpc) is 3.76. The fourth-order valence-electron chi connectivity index (χ4n) is 6.81. The second kappa shape index (κ2) is 20.6.